The van der Waals surface area contributed by atoms with Crippen molar-refractivity contribution in [2.45, 2.75) is 20.8 Å². The quantitative estimate of drug-likeness (QED) is 0.593. The summed E-state index contributed by atoms with van der Waals surface area (Å²) < 4.78 is 0.967. The zero-order valence-electron chi connectivity index (χ0n) is 11.0. The van der Waals surface area contributed by atoms with Crippen LogP contribution in [0.15, 0.2) is 24.5 Å². The molecule has 0 fully saturated rings. The topological polar surface area (TPSA) is 25.8 Å². The molecule has 96 valence electrons. The van der Waals surface area contributed by atoms with E-state index in [0.29, 0.717) is 5.15 Å². The highest BCUT2D eigenvalue weighted by Gasteiger charge is 2.14. The number of benzene rings is 1. The number of rotatable bonds is 1. The van der Waals surface area contributed by atoms with Gasteiger partial charge in [-0.1, -0.05) is 29.8 Å². The molecule has 0 radical (unpaired) electrons. The summed E-state index contributed by atoms with van der Waals surface area (Å²) in [5.41, 5.74) is 5.96. The van der Waals surface area contributed by atoms with Crippen molar-refractivity contribution in [2.75, 3.05) is 0 Å². The van der Waals surface area contributed by atoms with E-state index in [4.69, 9.17) is 11.6 Å². The fourth-order valence-corrected chi connectivity index (χ4v) is 3.54. The maximum atomic E-state index is 6.15. The molecule has 2 aromatic heterocycles. The molecular formula is C15H13ClN2S. The van der Waals surface area contributed by atoms with Gasteiger partial charge in [-0.05, 0) is 43.0 Å². The summed E-state index contributed by atoms with van der Waals surface area (Å²) >= 11 is 7.81. The second-order valence-electron chi connectivity index (χ2n) is 4.70. The number of hydrogen-bond acceptors (Lipinski definition) is 3. The van der Waals surface area contributed by atoms with E-state index in [2.05, 4.69) is 48.9 Å². The molecule has 0 saturated heterocycles. The molecule has 2 nitrogen and oxygen atoms in total. The van der Waals surface area contributed by atoms with E-state index in [-0.39, 0.29) is 0 Å². The normalized spacial score (nSPS) is 11.2. The summed E-state index contributed by atoms with van der Waals surface area (Å²) in [5.74, 6) is 0. The fraction of sp³-hybridized carbons (Fsp3) is 0.200. The third kappa shape index (κ3) is 2.03. The lowest BCUT2D eigenvalue weighted by Crippen LogP contribution is -1.83. The standard InChI is InChI=1S/C15H13ClN2S/c1-8-4-5-11(6-9(8)2)13-10(3)12-14(19-13)15(16)18-7-17-12/h4-7H,1-3H3. The monoisotopic (exact) mass is 288 g/mol. The highest BCUT2D eigenvalue weighted by atomic mass is 35.5. The first-order valence-corrected chi connectivity index (χ1v) is 7.24. The van der Waals surface area contributed by atoms with Crippen molar-refractivity contribution in [1.29, 1.82) is 0 Å². The Hall–Kier alpha value is -1.45. The van der Waals surface area contributed by atoms with Crippen molar-refractivity contribution in [3.8, 4) is 10.4 Å². The predicted molar refractivity (Wildman–Crippen MR) is 82.1 cm³/mol. The van der Waals surface area contributed by atoms with Gasteiger partial charge in [0.2, 0.25) is 0 Å². The zero-order valence-corrected chi connectivity index (χ0v) is 12.6. The lowest BCUT2D eigenvalue weighted by molar-refractivity contribution is 1.22. The summed E-state index contributed by atoms with van der Waals surface area (Å²) in [6.45, 7) is 6.35. The second kappa shape index (κ2) is 4.58. The van der Waals surface area contributed by atoms with E-state index in [9.17, 15) is 0 Å². The second-order valence-corrected chi connectivity index (χ2v) is 6.08. The van der Waals surface area contributed by atoms with Gasteiger partial charge in [-0.15, -0.1) is 11.3 Å². The lowest BCUT2D eigenvalue weighted by Gasteiger charge is -2.04. The van der Waals surface area contributed by atoms with Gasteiger partial charge in [-0.2, -0.15) is 0 Å². The van der Waals surface area contributed by atoms with Crippen molar-refractivity contribution in [3.63, 3.8) is 0 Å². The van der Waals surface area contributed by atoms with Crippen LogP contribution in [0.3, 0.4) is 0 Å². The molecule has 0 spiro atoms. The SMILES string of the molecule is Cc1ccc(-c2sc3c(Cl)ncnc3c2C)cc1C. The highest BCUT2D eigenvalue weighted by molar-refractivity contribution is 7.23. The molecule has 0 aliphatic heterocycles. The molecule has 3 rings (SSSR count). The molecule has 4 heteroatoms. The van der Waals surface area contributed by atoms with Crippen LogP contribution in [0.4, 0.5) is 0 Å². The Morgan fingerprint density at radius 3 is 2.53 bits per heavy atom. The van der Waals surface area contributed by atoms with Crippen LogP contribution in [0, 0.1) is 20.8 Å². The van der Waals surface area contributed by atoms with E-state index in [1.165, 1.54) is 33.5 Å². The molecule has 1 aromatic carbocycles. The number of aromatic nitrogens is 2. The molecule has 0 atom stereocenters. The van der Waals surface area contributed by atoms with Crippen LogP contribution < -0.4 is 0 Å². The van der Waals surface area contributed by atoms with Gasteiger partial charge in [0, 0.05) is 4.88 Å². The average molecular weight is 289 g/mol. The number of aryl methyl sites for hydroxylation is 3. The van der Waals surface area contributed by atoms with E-state index in [0.717, 1.165) is 10.2 Å². The molecule has 0 aliphatic carbocycles. The van der Waals surface area contributed by atoms with E-state index >= 15 is 0 Å². The molecule has 0 amide bonds. The Bertz CT molecular complexity index is 777. The Morgan fingerprint density at radius 1 is 1.05 bits per heavy atom. The van der Waals surface area contributed by atoms with Crippen molar-refractivity contribution in [1.82, 2.24) is 9.97 Å². The van der Waals surface area contributed by atoms with Crippen LogP contribution in [-0.2, 0) is 0 Å². The first kappa shape index (κ1) is 12.6. The van der Waals surface area contributed by atoms with Crippen LogP contribution in [0.2, 0.25) is 5.15 Å². The Labute approximate surface area is 121 Å². The molecule has 0 bridgehead atoms. The van der Waals surface area contributed by atoms with Crippen LogP contribution in [0.25, 0.3) is 20.7 Å². The van der Waals surface area contributed by atoms with E-state index in [1.54, 1.807) is 11.3 Å². The minimum atomic E-state index is 0.535. The van der Waals surface area contributed by atoms with Gasteiger partial charge in [-0.25, -0.2) is 9.97 Å². The minimum absolute atomic E-state index is 0.535. The minimum Gasteiger partial charge on any atom is -0.235 e. The van der Waals surface area contributed by atoms with Crippen LogP contribution in [-0.4, -0.2) is 9.97 Å². The van der Waals surface area contributed by atoms with Crippen molar-refractivity contribution in [2.24, 2.45) is 0 Å². The maximum absolute atomic E-state index is 6.15. The molecule has 0 N–H and O–H groups in total. The average Bonchev–Trinajstić information content (AvgIpc) is 2.72. The third-order valence-electron chi connectivity index (χ3n) is 3.43. The highest BCUT2D eigenvalue weighted by Crippen LogP contribution is 2.39. The van der Waals surface area contributed by atoms with Crippen LogP contribution in [0.5, 0.6) is 0 Å². The van der Waals surface area contributed by atoms with Crippen molar-refractivity contribution in [3.05, 3.63) is 46.4 Å². The fourth-order valence-electron chi connectivity index (χ4n) is 2.15. The molecule has 19 heavy (non-hydrogen) atoms. The van der Waals surface area contributed by atoms with Gasteiger partial charge < -0.3 is 0 Å². The lowest BCUT2D eigenvalue weighted by atomic mass is 10.0. The van der Waals surface area contributed by atoms with Gasteiger partial charge >= 0.3 is 0 Å². The molecule has 0 aliphatic rings. The predicted octanol–water partition coefficient (Wildman–Crippen LogP) is 4.94. The van der Waals surface area contributed by atoms with E-state index in [1.807, 2.05) is 0 Å². The van der Waals surface area contributed by atoms with Gasteiger partial charge in [0.1, 0.15) is 11.5 Å². The van der Waals surface area contributed by atoms with E-state index < -0.39 is 0 Å². The largest absolute Gasteiger partial charge is 0.235 e. The molecule has 2 heterocycles. The van der Waals surface area contributed by atoms with Crippen LogP contribution >= 0.6 is 22.9 Å². The number of fused-ring (bicyclic) bond motifs is 1. The number of nitrogens with zero attached hydrogens (tertiary/aromatic N) is 2. The van der Waals surface area contributed by atoms with Crippen molar-refractivity contribution < 1.29 is 0 Å². The van der Waals surface area contributed by atoms with Gasteiger partial charge in [0.25, 0.3) is 0 Å². The number of halogens is 1. The van der Waals surface area contributed by atoms with Gasteiger partial charge in [0.05, 0.1) is 10.2 Å². The molecule has 0 saturated carbocycles. The molecule has 0 unspecified atom stereocenters. The number of hydrogen-bond donors (Lipinski definition) is 0. The number of thiophene rings is 1. The molecule has 3 aromatic rings. The zero-order chi connectivity index (χ0) is 13.6. The Kier molecular flexibility index (Phi) is 3.03. The summed E-state index contributed by atoms with van der Waals surface area (Å²) in [6, 6.07) is 6.53. The van der Waals surface area contributed by atoms with Gasteiger partial charge in [0.15, 0.2) is 0 Å². The maximum Gasteiger partial charge on any atom is 0.150 e. The first-order chi connectivity index (χ1) is 9.08. The Morgan fingerprint density at radius 2 is 1.84 bits per heavy atom. The Balaban J connectivity index is 2.28. The summed E-state index contributed by atoms with van der Waals surface area (Å²) in [6.07, 6.45) is 1.52. The summed E-state index contributed by atoms with van der Waals surface area (Å²) in [5, 5.41) is 0.535. The van der Waals surface area contributed by atoms with Gasteiger partial charge in [-0.3, -0.25) is 0 Å². The summed E-state index contributed by atoms with van der Waals surface area (Å²) in [7, 11) is 0. The molecular weight excluding hydrogens is 276 g/mol. The third-order valence-corrected chi connectivity index (χ3v) is 5.16. The smallest absolute Gasteiger partial charge is 0.150 e. The van der Waals surface area contributed by atoms with Crippen LogP contribution in [0.1, 0.15) is 16.7 Å². The van der Waals surface area contributed by atoms with Crippen molar-refractivity contribution >= 4 is 33.2 Å². The summed E-state index contributed by atoms with van der Waals surface area (Å²) in [4.78, 5) is 9.62. The first-order valence-electron chi connectivity index (χ1n) is 6.05.